The van der Waals surface area contributed by atoms with Gasteiger partial charge in [-0.25, -0.2) is 9.78 Å². The van der Waals surface area contributed by atoms with E-state index in [9.17, 15) is 36.0 Å². The molecular weight excluding hydrogens is 657 g/mol. The third-order valence-corrected chi connectivity index (χ3v) is 10.3. The third-order valence-electron chi connectivity index (χ3n) is 5.21. The first-order valence-corrected chi connectivity index (χ1v) is 18.7. The van der Waals surface area contributed by atoms with Crippen molar-refractivity contribution in [2.75, 3.05) is 18.1 Å². The molecule has 2 fully saturated rings. The van der Waals surface area contributed by atoms with Crippen LogP contribution in [-0.4, -0.2) is 88.0 Å². The molecule has 3 amide bonds. The van der Waals surface area contributed by atoms with Crippen molar-refractivity contribution in [3.63, 3.8) is 0 Å². The van der Waals surface area contributed by atoms with Gasteiger partial charge in [0.1, 0.15) is 5.03 Å². The van der Waals surface area contributed by atoms with Gasteiger partial charge >= 0.3 is 16.3 Å². The average molecular weight is 687 g/mol. The fourth-order valence-electron chi connectivity index (χ4n) is 3.26. The van der Waals surface area contributed by atoms with E-state index in [1.165, 1.54) is 22.6 Å². The third kappa shape index (κ3) is 14.3. The van der Waals surface area contributed by atoms with E-state index >= 15 is 0 Å². The zero-order valence-corrected chi connectivity index (χ0v) is 26.2. The number of pyridine rings is 1. The van der Waals surface area contributed by atoms with Gasteiger partial charge in [0.25, 0.3) is 21.9 Å². The first-order valence-electron chi connectivity index (χ1n) is 12.5. The lowest BCUT2D eigenvalue weighted by Crippen LogP contribution is -2.36. The molecule has 0 radical (unpaired) electrons. The van der Waals surface area contributed by atoms with Gasteiger partial charge in [0.05, 0.1) is 11.5 Å². The molecule has 3 rings (SSSR count). The van der Waals surface area contributed by atoms with Crippen molar-refractivity contribution in [2.24, 2.45) is 4.40 Å². The first kappa shape index (κ1) is 36.0. The van der Waals surface area contributed by atoms with Gasteiger partial charge < -0.3 is 10.2 Å². The fraction of sp³-hybridized carbons (Fsp3) is 0.545. The standard InChI is InChI=1S/C18H23N3O8S3.C4H7NO3S2/c22-14(8-11-30-31-15-6-3-5-10-20-15)19-9-4-1-2-7-17(24)29-21-16(23)12-13(18(21)25)32(26,27)28;6-10(7,8)5-4-2-1-3-9-4/h3,5-6,10,13H,1-2,4,7-9,11-12H2,(H,19,22)(H,26,27,28);1-3H2,(H,6,7,8). The van der Waals surface area contributed by atoms with Crippen LogP contribution in [0.4, 0.5) is 0 Å². The summed E-state index contributed by atoms with van der Waals surface area (Å²) in [5, 5.41) is 2.33. The van der Waals surface area contributed by atoms with Gasteiger partial charge in [-0.2, -0.15) is 16.8 Å². The zero-order chi connectivity index (χ0) is 31.2. The molecular formula is C22H30N4O11S5. The molecule has 0 bridgehead atoms. The molecule has 0 saturated carbocycles. The van der Waals surface area contributed by atoms with E-state index in [2.05, 4.69) is 19.5 Å². The van der Waals surface area contributed by atoms with Gasteiger partial charge in [0.15, 0.2) is 5.25 Å². The van der Waals surface area contributed by atoms with Crippen LogP contribution in [0.2, 0.25) is 0 Å². The summed E-state index contributed by atoms with van der Waals surface area (Å²) in [5.74, 6) is -1.69. The Morgan fingerprint density at radius 2 is 1.90 bits per heavy atom. The molecule has 0 aromatic carbocycles. The van der Waals surface area contributed by atoms with E-state index < -0.39 is 49.9 Å². The van der Waals surface area contributed by atoms with Gasteiger partial charge in [-0.15, -0.1) is 21.2 Å². The van der Waals surface area contributed by atoms with Crippen molar-refractivity contribution in [3.8, 4) is 0 Å². The van der Waals surface area contributed by atoms with Crippen LogP contribution in [0, 0.1) is 0 Å². The normalized spacial score (nSPS) is 18.1. The SMILES string of the molecule is O=C(CCSSc1ccccn1)NCCCCCC(=O)ON1C(=O)CC(S(=O)(=O)O)C1=O.O=S(=O)(O)N=C1CCCS1. The Balaban J connectivity index is 0.000000518. The molecule has 1 unspecified atom stereocenters. The maximum atomic E-state index is 11.8. The minimum Gasteiger partial charge on any atom is -0.356 e. The lowest BCUT2D eigenvalue weighted by atomic mass is 10.2. The highest BCUT2D eigenvalue weighted by atomic mass is 33.1. The summed E-state index contributed by atoms with van der Waals surface area (Å²) in [4.78, 5) is 55.8. The molecule has 15 nitrogen and oxygen atoms in total. The maximum absolute atomic E-state index is 11.8. The molecule has 234 valence electrons. The number of rotatable bonds is 14. The van der Waals surface area contributed by atoms with Crippen molar-refractivity contribution in [1.82, 2.24) is 15.4 Å². The molecule has 3 N–H and O–H groups in total. The molecule has 42 heavy (non-hydrogen) atoms. The van der Waals surface area contributed by atoms with Gasteiger partial charge in [0, 0.05) is 31.3 Å². The monoisotopic (exact) mass is 686 g/mol. The van der Waals surface area contributed by atoms with E-state index in [0.717, 1.165) is 17.2 Å². The van der Waals surface area contributed by atoms with Crippen LogP contribution in [0.3, 0.4) is 0 Å². The zero-order valence-electron chi connectivity index (χ0n) is 22.1. The van der Waals surface area contributed by atoms with Crippen LogP contribution in [0.5, 0.6) is 0 Å². The van der Waals surface area contributed by atoms with Gasteiger partial charge in [0.2, 0.25) is 5.91 Å². The second-order valence-corrected chi connectivity index (χ2v) is 14.8. The number of amides is 3. The largest absolute Gasteiger partial charge is 0.379 e. The van der Waals surface area contributed by atoms with Crippen molar-refractivity contribution < 1.29 is 50.0 Å². The Morgan fingerprint density at radius 1 is 1.14 bits per heavy atom. The topological polar surface area (TPSA) is 227 Å². The molecule has 0 aliphatic carbocycles. The molecule has 20 heteroatoms. The Labute approximate surface area is 255 Å². The Kier molecular flexibility index (Phi) is 15.2. The minimum absolute atomic E-state index is 0.0713. The quantitative estimate of drug-likeness (QED) is 0.110. The number of imide groups is 1. The minimum atomic E-state index is -4.75. The summed E-state index contributed by atoms with van der Waals surface area (Å²) in [6.07, 6.45) is 4.44. The number of carbonyl (C=O) groups excluding carboxylic acids is 4. The molecule has 2 aliphatic rings. The molecule has 1 aromatic rings. The highest BCUT2D eigenvalue weighted by Crippen LogP contribution is 2.29. The summed E-state index contributed by atoms with van der Waals surface area (Å²) in [6, 6.07) is 5.62. The number of unbranched alkanes of at least 4 members (excludes halogenated alkanes) is 2. The summed E-state index contributed by atoms with van der Waals surface area (Å²) in [5.41, 5.74) is 0. The number of aromatic nitrogens is 1. The summed E-state index contributed by atoms with van der Waals surface area (Å²) >= 11 is 1.38. The first-order chi connectivity index (χ1) is 19.8. The summed E-state index contributed by atoms with van der Waals surface area (Å²) in [7, 11) is -5.84. The van der Waals surface area contributed by atoms with Gasteiger partial charge in [-0.1, -0.05) is 23.3 Å². The second kappa shape index (κ2) is 17.8. The van der Waals surface area contributed by atoms with Crippen molar-refractivity contribution >= 4 is 82.5 Å². The molecule has 2 aliphatic heterocycles. The number of nitrogens with one attached hydrogen (secondary N) is 1. The number of hydrogen-bond donors (Lipinski definition) is 3. The van der Waals surface area contributed by atoms with Crippen LogP contribution in [0.15, 0.2) is 33.8 Å². The van der Waals surface area contributed by atoms with Gasteiger partial charge in [-0.3, -0.25) is 23.5 Å². The van der Waals surface area contributed by atoms with Crippen molar-refractivity contribution in [1.29, 1.82) is 0 Å². The molecule has 0 spiro atoms. The highest BCUT2D eigenvalue weighted by molar-refractivity contribution is 8.76. The van der Waals surface area contributed by atoms with E-state index in [1.807, 2.05) is 18.2 Å². The van der Waals surface area contributed by atoms with Crippen molar-refractivity contribution in [2.45, 2.75) is 61.6 Å². The number of thioether (sulfide) groups is 1. The smallest absolute Gasteiger partial charge is 0.356 e. The number of carbonyl (C=O) groups is 4. The van der Waals surface area contributed by atoms with E-state index in [0.29, 0.717) is 49.4 Å². The van der Waals surface area contributed by atoms with Crippen LogP contribution >= 0.6 is 33.3 Å². The van der Waals surface area contributed by atoms with Crippen molar-refractivity contribution in [3.05, 3.63) is 24.4 Å². The maximum Gasteiger partial charge on any atom is 0.379 e. The Morgan fingerprint density at radius 3 is 2.50 bits per heavy atom. The van der Waals surface area contributed by atoms with E-state index in [1.54, 1.807) is 17.0 Å². The fourth-order valence-corrected chi connectivity index (χ4v) is 7.49. The van der Waals surface area contributed by atoms with Gasteiger partial charge in [-0.05, 0) is 54.4 Å². The lowest BCUT2D eigenvalue weighted by Gasteiger charge is -2.13. The molecule has 3 heterocycles. The lowest BCUT2D eigenvalue weighted by molar-refractivity contribution is -0.197. The van der Waals surface area contributed by atoms with E-state index in [-0.39, 0.29) is 17.4 Å². The Hall–Kier alpha value is -2.23. The Bertz CT molecular complexity index is 1330. The van der Waals surface area contributed by atoms with Crippen LogP contribution in [-0.2, 0) is 44.4 Å². The van der Waals surface area contributed by atoms with Crippen LogP contribution in [0.25, 0.3) is 0 Å². The highest BCUT2D eigenvalue weighted by Gasteiger charge is 2.48. The molecule has 2 saturated heterocycles. The number of hydroxylamine groups is 2. The number of hydrogen-bond acceptors (Lipinski definition) is 13. The summed E-state index contributed by atoms with van der Waals surface area (Å²) in [6.45, 7) is 0.449. The van der Waals surface area contributed by atoms with Crippen LogP contribution < -0.4 is 5.32 Å². The second-order valence-electron chi connectivity index (χ2n) is 8.57. The molecule has 1 aromatic heterocycles. The molecule has 1 atom stereocenters. The van der Waals surface area contributed by atoms with E-state index in [4.69, 9.17) is 9.11 Å². The average Bonchev–Trinajstić information content (AvgIpc) is 3.51. The number of nitrogens with zero attached hydrogens (tertiary/aromatic N) is 3. The van der Waals surface area contributed by atoms with Crippen LogP contribution in [0.1, 0.15) is 51.4 Å². The summed E-state index contributed by atoms with van der Waals surface area (Å²) < 4.78 is 62.7. The predicted octanol–water partition coefficient (Wildman–Crippen LogP) is 2.08. The predicted molar refractivity (Wildman–Crippen MR) is 157 cm³/mol.